The lowest BCUT2D eigenvalue weighted by Gasteiger charge is -2.33. The van der Waals surface area contributed by atoms with Crippen LogP contribution in [0.5, 0.6) is 0 Å². The molecule has 1 unspecified atom stereocenters. The SMILES string of the molecule is C[N+]1(Cc2ccccc2)CCCN(C(=O)Nc2cc(Cl)cc(Cl)c2)CC1. The van der Waals surface area contributed by atoms with Gasteiger partial charge in [0.15, 0.2) is 0 Å². The highest BCUT2D eigenvalue weighted by Gasteiger charge is 2.28. The van der Waals surface area contributed by atoms with Gasteiger partial charge in [0.2, 0.25) is 0 Å². The van der Waals surface area contributed by atoms with E-state index in [1.165, 1.54) is 5.56 Å². The van der Waals surface area contributed by atoms with Gasteiger partial charge in [-0.1, -0.05) is 53.5 Å². The summed E-state index contributed by atoms with van der Waals surface area (Å²) in [5, 5.41) is 3.93. The minimum absolute atomic E-state index is 0.100. The Bertz CT molecular complexity index is 749. The zero-order valence-electron chi connectivity index (χ0n) is 14.9. The van der Waals surface area contributed by atoms with Crippen molar-refractivity contribution in [2.75, 3.05) is 38.5 Å². The normalized spacial score (nSPS) is 20.5. The number of carbonyl (C=O) groups excluding carboxylic acids is 1. The third kappa shape index (κ3) is 5.13. The van der Waals surface area contributed by atoms with E-state index in [4.69, 9.17) is 23.2 Å². The summed E-state index contributed by atoms with van der Waals surface area (Å²) >= 11 is 12.0. The van der Waals surface area contributed by atoms with Gasteiger partial charge in [0, 0.05) is 34.3 Å². The second-order valence-electron chi connectivity index (χ2n) is 7.14. The Balaban J connectivity index is 1.61. The van der Waals surface area contributed by atoms with Gasteiger partial charge < -0.3 is 14.7 Å². The highest BCUT2D eigenvalue weighted by atomic mass is 35.5. The van der Waals surface area contributed by atoms with Crippen LogP contribution in [-0.2, 0) is 6.54 Å². The maximum Gasteiger partial charge on any atom is 0.322 e. The molecule has 4 nitrogen and oxygen atoms in total. The fourth-order valence-electron chi connectivity index (χ4n) is 3.44. The van der Waals surface area contributed by atoms with E-state index in [0.717, 1.165) is 43.6 Å². The summed E-state index contributed by atoms with van der Waals surface area (Å²) in [6.07, 6.45) is 0.979. The summed E-state index contributed by atoms with van der Waals surface area (Å²) in [6.45, 7) is 4.45. The molecule has 138 valence electrons. The van der Waals surface area contributed by atoms with Crippen molar-refractivity contribution in [3.05, 3.63) is 64.1 Å². The lowest BCUT2D eigenvalue weighted by Crippen LogP contribution is -2.46. The van der Waals surface area contributed by atoms with E-state index >= 15 is 0 Å². The molecule has 1 N–H and O–H groups in total. The molecule has 0 saturated carbocycles. The Morgan fingerprint density at radius 2 is 1.77 bits per heavy atom. The predicted octanol–water partition coefficient (Wildman–Crippen LogP) is 4.88. The quantitative estimate of drug-likeness (QED) is 0.741. The monoisotopic (exact) mass is 392 g/mol. The third-order valence-corrected chi connectivity index (χ3v) is 5.28. The van der Waals surface area contributed by atoms with Crippen molar-refractivity contribution in [3.63, 3.8) is 0 Å². The van der Waals surface area contributed by atoms with Crippen molar-refractivity contribution < 1.29 is 9.28 Å². The summed E-state index contributed by atoms with van der Waals surface area (Å²) in [6, 6.07) is 15.5. The fraction of sp³-hybridized carbons (Fsp3) is 0.350. The molecule has 1 aliphatic heterocycles. The lowest BCUT2D eigenvalue weighted by atomic mass is 10.2. The summed E-state index contributed by atoms with van der Waals surface area (Å²) in [5.41, 5.74) is 1.96. The highest BCUT2D eigenvalue weighted by Crippen LogP contribution is 2.23. The zero-order valence-corrected chi connectivity index (χ0v) is 16.4. The van der Waals surface area contributed by atoms with Crippen LogP contribution in [-0.4, -0.2) is 48.6 Å². The molecule has 2 amide bonds. The van der Waals surface area contributed by atoms with Crippen molar-refractivity contribution >= 4 is 34.9 Å². The molecule has 3 rings (SSSR count). The van der Waals surface area contributed by atoms with Gasteiger partial charge in [-0.3, -0.25) is 0 Å². The van der Waals surface area contributed by atoms with Crippen LogP contribution in [0.15, 0.2) is 48.5 Å². The first-order valence-corrected chi connectivity index (χ1v) is 9.59. The van der Waals surface area contributed by atoms with Crippen LogP contribution in [0.2, 0.25) is 10.0 Å². The lowest BCUT2D eigenvalue weighted by molar-refractivity contribution is -0.920. The number of hydrogen-bond acceptors (Lipinski definition) is 1. The molecule has 0 spiro atoms. The number of amides is 2. The predicted molar refractivity (Wildman–Crippen MR) is 108 cm³/mol. The van der Waals surface area contributed by atoms with E-state index in [9.17, 15) is 4.79 Å². The summed E-state index contributed by atoms with van der Waals surface area (Å²) in [4.78, 5) is 14.5. The molecule has 1 saturated heterocycles. The molecule has 6 heteroatoms. The second kappa shape index (κ2) is 8.30. The van der Waals surface area contributed by atoms with E-state index in [1.54, 1.807) is 18.2 Å². The second-order valence-corrected chi connectivity index (χ2v) is 8.01. The minimum atomic E-state index is -0.100. The van der Waals surface area contributed by atoms with Crippen LogP contribution in [0, 0.1) is 0 Å². The number of carbonyl (C=O) groups is 1. The van der Waals surface area contributed by atoms with E-state index in [0.29, 0.717) is 15.7 Å². The summed E-state index contributed by atoms with van der Waals surface area (Å²) in [7, 11) is 2.27. The minimum Gasteiger partial charge on any atom is -0.321 e. The molecule has 2 aromatic rings. The molecule has 1 atom stereocenters. The average molecular weight is 393 g/mol. The van der Waals surface area contributed by atoms with Gasteiger partial charge in [0.1, 0.15) is 6.54 Å². The first kappa shape index (κ1) is 19.0. The molecule has 0 aromatic heterocycles. The Morgan fingerprint density at radius 1 is 1.08 bits per heavy atom. The summed E-state index contributed by atoms with van der Waals surface area (Å²) < 4.78 is 0.941. The number of nitrogens with zero attached hydrogens (tertiary/aromatic N) is 2. The number of anilines is 1. The number of likely N-dealkylation sites (N-methyl/N-ethyl adjacent to an activating group) is 1. The molecule has 0 aliphatic carbocycles. The largest absolute Gasteiger partial charge is 0.322 e. The van der Waals surface area contributed by atoms with E-state index in [1.807, 2.05) is 11.0 Å². The smallest absolute Gasteiger partial charge is 0.321 e. The van der Waals surface area contributed by atoms with Crippen molar-refractivity contribution in [1.29, 1.82) is 0 Å². The van der Waals surface area contributed by atoms with Crippen LogP contribution >= 0.6 is 23.2 Å². The third-order valence-electron chi connectivity index (χ3n) is 4.84. The van der Waals surface area contributed by atoms with Gasteiger partial charge in [0.25, 0.3) is 0 Å². The standard InChI is InChI=1S/C20H23Cl2N3O/c1-25(15-16-6-3-2-4-7-16)10-5-8-24(9-11-25)20(26)23-19-13-17(21)12-18(22)14-19/h2-4,6-7,12-14H,5,8-11,15H2,1H3/p+1. The van der Waals surface area contributed by atoms with Crippen LogP contribution in [0.25, 0.3) is 0 Å². The van der Waals surface area contributed by atoms with Crippen molar-refractivity contribution in [1.82, 2.24) is 4.90 Å². The van der Waals surface area contributed by atoms with Gasteiger partial charge >= 0.3 is 6.03 Å². The number of halogens is 2. The maximum absolute atomic E-state index is 12.6. The highest BCUT2D eigenvalue weighted by molar-refractivity contribution is 6.35. The van der Waals surface area contributed by atoms with Crippen LogP contribution in [0.4, 0.5) is 10.5 Å². The average Bonchev–Trinajstić information content (AvgIpc) is 2.76. The van der Waals surface area contributed by atoms with Gasteiger partial charge in [-0.15, -0.1) is 0 Å². The Hall–Kier alpha value is -1.75. The number of hydrogen-bond donors (Lipinski definition) is 1. The van der Waals surface area contributed by atoms with Crippen molar-refractivity contribution in [2.24, 2.45) is 0 Å². The summed E-state index contributed by atoms with van der Waals surface area (Å²) in [5.74, 6) is 0. The molecule has 0 radical (unpaired) electrons. The number of rotatable bonds is 3. The molecular weight excluding hydrogens is 369 g/mol. The first-order valence-electron chi connectivity index (χ1n) is 8.83. The van der Waals surface area contributed by atoms with Crippen LogP contribution in [0.3, 0.4) is 0 Å². The van der Waals surface area contributed by atoms with Crippen LogP contribution < -0.4 is 5.32 Å². The molecule has 1 fully saturated rings. The number of benzene rings is 2. The zero-order chi connectivity index (χ0) is 18.6. The Labute approximate surface area is 164 Å². The van der Waals surface area contributed by atoms with Gasteiger partial charge in [-0.2, -0.15) is 0 Å². The molecule has 1 heterocycles. The van der Waals surface area contributed by atoms with Gasteiger partial charge in [-0.25, -0.2) is 4.79 Å². The van der Waals surface area contributed by atoms with Crippen LogP contribution in [0.1, 0.15) is 12.0 Å². The number of nitrogens with one attached hydrogen (secondary N) is 1. The van der Waals surface area contributed by atoms with Gasteiger partial charge in [0.05, 0.1) is 26.7 Å². The Morgan fingerprint density at radius 3 is 2.46 bits per heavy atom. The van der Waals surface area contributed by atoms with E-state index in [2.05, 4.69) is 36.6 Å². The van der Waals surface area contributed by atoms with Gasteiger partial charge in [-0.05, 0) is 18.2 Å². The first-order chi connectivity index (χ1) is 12.4. The Kier molecular flexibility index (Phi) is 6.07. The van der Waals surface area contributed by atoms with E-state index < -0.39 is 0 Å². The molecule has 0 bridgehead atoms. The molecular formula is C20H24Cl2N3O+. The number of urea groups is 1. The molecule has 2 aromatic carbocycles. The molecule has 26 heavy (non-hydrogen) atoms. The maximum atomic E-state index is 12.6. The van der Waals surface area contributed by atoms with E-state index in [-0.39, 0.29) is 6.03 Å². The topological polar surface area (TPSA) is 32.3 Å². The van der Waals surface area contributed by atoms with Crippen molar-refractivity contribution in [3.8, 4) is 0 Å². The fourth-order valence-corrected chi connectivity index (χ4v) is 3.97. The molecule has 1 aliphatic rings. The number of quaternary nitrogens is 1. The van der Waals surface area contributed by atoms with Crippen molar-refractivity contribution in [2.45, 2.75) is 13.0 Å².